The molecule has 1 atom stereocenters. The molecule has 0 aliphatic carbocycles. The van der Waals surface area contributed by atoms with Gasteiger partial charge in [0.15, 0.2) is 5.82 Å². The Balaban J connectivity index is 1.73. The van der Waals surface area contributed by atoms with Crippen LogP contribution in [0.3, 0.4) is 0 Å². The standard InChI is InChI=1S/C15H22N4O2/c1-10-8-11(17-20-10)12-6-5-7-19(12)9-13-16-14(21-18-13)15(2,3)4/h8,12H,5-7,9H2,1-4H3/t12-/m0/s1. The molecule has 3 rings (SSSR count). The number of nitrogens with zero attached hydrogens (tertiary/aromatic N) is 4. The van der Waals surface area contributed by atoms with Gasteiger partial charge < -0.3 is 9.05 Å². The number of hydrogen-bond donors (Lipinski definition) is 0. The van der Waals surface area contributed by atoms with Crippen LogP contribution >= 0.6 is 0 Å². The summed E-state index contributed by atoms with van der Waals surface area (Å²) in [5.41, 5.74) is 0.892. The molecule has 114 valence electrons. The average molecular weight is 290 g/mol. The Hall–Kier alpha value is -1.69. The molecule has 0 amide bonds. The van der Waals surface area contributed by atoms with Gasteiger partial charge in [-0.15, -0.1) is 0 Å². The minimum Gasteiger partial charge on any atom is -0.361 e. The SMILES string of the molecule is Cc1cc([C@@H]2CCCN2Cc2noc(C(C)(C)C)n2)no1. The largest absolute Gasteiger partial charge is 0.361 e. The third-order valence-electron chi connectivity index (χ3n) is 3.81. The second-order valence-electron chi connectivity index (χ2n) is 6.76. The molecule has 0 radical (unpaired) electrons. The Bertz CT molecular complexity index is 611. The molecular formula is C15H22N4O2. The number of aryl methyl sites for hydroxylation is 1. The first-order valence-corrected chi connectivity index (χ1v) is 7.44. The van der Waals surface area contributed by atoms with E-state index in [1.54, 1.807) is 0 Å². The van der Waals surface area contributed by atoms with Crippen molar-refractivity contribution in [2.45, 2.75) is 58.5 Å². The maximum Gasteiger partial charge on any atom is 0.232 e. The zero-order chi connectivity index (χ0) is 15.0. The van der Waals surface area contributed by atoms with Crippen LogP contribution in [0.4, 0.5) is 0 Å². The average Bonchev–Trinajstić information content (AvgIpc) is 3.08. The molecule has 0 N–H and O–H groups in total. The van der Waals surface area contributed by atoms with Crippen LogP contribution in [0.15, 0.2) is 15.1 Å². The van der Waals surface area contributed by atoms with Gasteiger partial charge >= 0.3 is 0 Å². The van der Waals surface area contributed by atoms with Gasteiger partial charge in [-0.1, -0.05) is 31.1 Å². The summed E-state index contributed by atoms with van der Waals surface area (Å²) in [6.45, 7) is 9.85. The minimum absolute atomic E-state index is 0.112. The van der Waals surface area contributed by atoms with E-state index in [-0.39, 0.29) is 5.41 Å². The number of aromatic nitrogens is 3. The van der Waals surface area contributed by atoms with Crippen molar-refractivity contribution in [3.63, 3.8) is 0 Å². The van der Waals surface area contributed by atoms with Crippen LogP contribution in [-0.4, -0.2) is 26.7 Å². The molecule has 1 saturated heterocycles. The van der Waals surface area contributed by atoms with E-state index in [0.717, 1.165) is 36.7 Å². The van der Waals surface area contributed by atoms with Crippen molar-refractivity contribution >= 4 is 0 Å². The van der Waals surface area contributed by atoms with Gasteiger partial charge in [0.2, 0.25) is 5.89 Å². The maximum absolute atomic E-state index is 5.36. The molecule has 1 aliphatic rings. The Morgan fingerprint density at radius 1 is 1.29 bits per heavy atom. The van der Waals surface area contributed by atoms with E-state index in [1.807, 2.05) is 13.0 Å². The molecule has 0 spiro atoms. The smallest absolute Gasteiger partial charge is 0.232 e. The minimum atomic E-state index is -0.112. The van der Waals surface area contributed by atoms with Crippen molar-refractivity contribution in [1.82, 2.24) is 20.2 Å². The van der Waals surface area contributed by atoms with E-state index in [1.165, 1.54) is 0 Å². The molecular weight excluding hydrogens is 268 g/mol. The zero-order valence-electron chi connectivity index (χ0n) is 13.1. The quantitative estimate of drug-likeness (QED) is 0.865. The Kier molecular flexibility index (Phi) is 3.57. The monoisotopic (exact) mass is 290 g/mol. The summed E-state index contributed by atoms with van der Waals surface area (Å²) < 4.78 is 10.6. The van der Waals surface area contributed by atoms with Crippen LogP contribution in [0.25, 0.3) is 0 Å². The van der Waals surface area contributed by atoms with Crippen molar-refractivity contribution in [3.05, 3.63) is 29.2 Å². The summed E-state index contributed by atoms with van der Waals surface area (Å²) in [5, 5.41) is 8.26. The highest BCUT2D eigenvalue weighted by Crippen LogP contribution is 2.32. The van der Waals surface area contributed by atoms with Crippen molar-refractivity contribution in [2.24, 2.45) is 0 Å². The first kappa shape index (κ1) is 14.3. The second kappa shape index (κ2) is 5.26. The molecule has 0 saturated carbocycles. The highest BCUT2D eigenvalue weighted by Gasteiger charge is 2.30. The van der Waals surface area contributed by atoms with E-state index in [0.29, 0.717) is 18.5 Å². The van der Waals surface area contributed by atoms with Crippen molar-refractivity contribution in [1.29, 1.82) is 0 Å². The molecule has 0 aromatic carbocycles. The summed E-state index contributed by atoms with van der Waals surface area (Å²) in [5.74, 6) is 2.28. The molecule has 6 heteroatoms. The Morgan fingerprint density at radius 2 is 2.10 bits per heavy atom. The Morgan fingerprint density at radius 3 is 2.71 bits per heavy atom. The van der Waals surface area contributed by atoms with Crippen molar-refractivity contribution in [3.8, 4) is 0 Å². The van der Waals surface area contributed by atoms with Gasteiger partial charge in [0.05, 0.1) is 12.6 Å². The predicted octanol–water partition coefficient (Wildman–Crippen LogP) is 3.00. The van der Waals surface area contributed by atoms with Crippen LogP contribution < -0.4 is 0 Å². The fourth-order valence-corrected chi connectivity index (χ4v) is 2.70. The number of hydrogen-bond acceptors (Lipinski definition) is 6. The van der Waals surface area contributed by atoms with Crippen LogP contribution in [-0.2, 0) is 12.0 Å². The Labute approximate surface area is 124 Å². The molecule has 1 aliphatic heterocycles. The van der Waals surface area contributed by atoms with E-state index in [9.17, 15) is 0 Å². The number of rotatable bonds is 3. The van der Waals surface area contributed by atoms with E-state index >= 15 is 0 Å². The maximum atomic E-state index is 5.36. The first-order valence-electron chi connectivity index (χ1n) is 7.44. The lowest BCUT2D eigenvalue weighted by Gasteiger charge is -2.20. The van der Waals surface area contributed by atoms with Crippen LogP contribution in [0.5, 0.6) is 0 Å². The summed E-state index contributed by atoms with van der Waals surface area (Å²) in [4.78, 5) is 6.86. The summed E-state index contributed by atoms with van der Waals surface area (Å²) in [6.07, 6.45) is 2.25. The van der Waals surface area contributed by atoms with Gasteiger partial charge in [-0.05, 0) is 26.3 Å². The molecule has 2 aromatic heterocycles. The normalized spacial score (nSPS) is 20.3. The highest BCUT2D eigenvalue weighted by atomic mass is 16.5. The van der Waals surface area contributed by atoms with Crippen molar-refractivity contribution in [2.75, 3.05) is 6.54 Å². The molecule has 6 nitrogen and oxygen atoms in total. The lowest BCUT2D eigenvalue weighted by Crippen LogP contribution is -2.23. The van der Waals surface area contributed by atoms with Crippen LogP contribution in [0.2, 0.25) is 0 Å². The van der Waals surface area contributed by atoms with Gasteiger partial charge in [-0.25, -0.2) is 0 Å². The lowest BCUT2D eigenvalue weighted by atomic mass is 9.97. The van der Waals surface area contributed by atoms with Crippen LogP contribution in [0, 0.1) is 6.92 Å². The predicted molar refractivity (Wildman–Crippen MR) is 76.6 cm³/mol. The topological polar surface area (TPSA) is 68.2 Å². The molecule has 0 bridgehead atoms. The second-order valence-corrected chi connectivity index (χ2v) is 6.76. The van der Waals surface area contributed by atoms with Gasteiger partial charge in [0, 0.05) is 11.5 Å². The molecule has 21 heavy (non-hydrogen) atoms. The van der Waals surface area contributed by atoms with E-state index in [2.05, 4.69) is 41.0 Å². The van der Waals surface area contributed by atoms with Crippen molar-refractivity contribution < 1.29 is 9.05 Å². The lowest BCUT2D eigenvalue weighted by molar-refractivity contribution is 0.227. The van der Waals surface area contributed by atoms with Gasteiger partial charge in [-0.3, -0.25) is 4.90 Å². The van der Waals surface area contributed by atoms with Crippen LogP contribution in [0.1, 0.15) is 62.8 Å². The molecule has 2 aromatic rings. The fraction of sp³-hybridized carbons (Fsp3) is 0.667. The molecule has 3 heterocycles. The van der Waals surface area contributed by atoms with E-state index < -0.39 is 0 Å². The fourth-order valence-electron chi connectivity index (χ4n) is 2.70. The van der Waals surface area contributed by atoms with Gasteiger partial charge in [-0.2, -0.15) is 4.98 Å². The summed E-state index contributed by atoms with van der Waals surface area (Å²) in [7, 11) is 0. The third kappa shape index (κ3) is 3.00. The van der Waals surface area contributed by atoms with Gasteiger partial charge in [0.1, 0.15) is 11.5 Å². The highest BCUT2D eigenvalue weighted by molar-refractivity contribution is 5.11. The summed E-state index contributed by atoms with van der Waals surface area (Å²) in [6, 6.07) is 2.30. The zero-order valence-corrected chi connectivity index (χ0v) is 13.1. The molecule has 0 unspecified atom stereocenters. The van der Waals surface area contributed by atoms with E-state index in [4.69, 9.17) is 9.05 Å². The third-order valence-corrected chi connectivity index (χ3v) is 3.81. The van der Waals surface area contributed by atoms with Gasteiger partial charge in [0.25, 0.3) is 0 Å². The number of likely N-dealkylation sites (tertiary alicyclic amines) is 1. The molecule has 1 fully saturated rings. The summed E-state index contributed by atoms with van der Waals surface area (Å²) >= 11 is 0. The first-order chi connectivity index (χ1) is 9.93.